The lowest BCUT2D eigenvalue weighted by Gasteiger charge is -2.09. The van der Waals surface area contributed by atoms with Crippen LogP contribution in [0.5, 0.6) is 5.75 Å². The van der Waals surface area contributed by atoms with Gasteiger partial charge in [0.05, 0.1) is 5.69 Å². The van der Waals surface area contributed by atoms with Gasteiger partial charge in [0, 0.05) is 6.20 Å². The van der Waals surface area contributed by atoms with Gasteiger partial charge >= 0.3 is 5.97 Å². The molecule has 8 heteroatoms. The lowest BCUT2D eigenvalue weighted by atomic mass is 10.2. The molecular weight excluding hydrogens is 284 g/mol. The zero-order valence-corrected chi connectivity index (χ0v) is 11.2. The van der Waals surface area contributed by atoms with E-state index >= 15 is 0 Å². The Balaban J connectivity index is 2.33. The van der Waals surface area contributed by atoms with Gasteiger partial charge in [0.15, 0.2) is 0 Å². The number of benzene rings is 1. The number of carbonyl (C=O) groups is 1. The molecule has 106 valence electrons. The SMILES string of the molecule is Cc1cc(O)ccc1NS(=O)(=O)c1c[nH]c(C(=O)O)c1. The number of aryl methyl sites for hydroxylation is 1. The minimum Gasteiger partial charge on any atom is -0.508 e. The minimum atomic E-state index is -3.89. The van der Waals surface area contributed by atoms with E-state index in [9.17, 15) is 18.3 Å². The van der Waals surface area contributed by atoms with Crippen molar-refractivity contribution in [2.45, 2.75) is 11.8 Å². The van der Waals surface area contributed by atoms with E-state index in [0.717, 1.165) is 12.3 Å². The molecule has 0 atom stereocenters. The molecule has 1 aromatic carbocycles. The molecule has 1 heterocycles. The Kier molecular flexibility index (Phi) is 3.41. The number of carboxylic acids is 1. The summed E-state index contributed by atoms with van der Waals surface area (Å²) in [4.78, 5) is 12.9. The number of sulfonamides is 1. The number of phenols is 1. The predicted molar refractivity (Wildman–Crippen MR) is 71.4 cm³/mol. The third kappa shape index (κ3) is 2.75. The van der Waals surface area contributed by atoms with Gasteiger partial charge in [-0.1, -0.05) is 0 Å². The fourth-order valence-electron chi connectivity index (χ4n) is 1.62. The molecule has 7 nitrogen and oxygen atoms in total. The Labute approximate surface area is 114 Å². The van der Waals surface area contributed by atoms with Crippen LogP contribution in [0.4, 0.5) is 5.69 Å². The molecule has 0 amide bonds. The number of aromatic amines is 1. The number of aromatic nitrogens is 1. The zero-order chi connectivity index (χ0) is 14.9. The molecule has 20 heavy (non-hydrogen) atoms. The summed E-state index contributed by atoms with van der Waals surface area (Å²) in [5.74, 6) is -1.22. The van der Waals surface area contributed by atoms with Crippen molar-refractivity contribution >= 4 is 21.7 Å². The second-order valence-corrected chi connectivity index (χ2v) is 5.84. The summed E-state index contributed by atoms with van der Waals surface area (Å²) < 4.78 is 26.5. The van der Waals surface area contributed by atoms with Crippen LogP contribution in [0.15, 0.2) is 35.4 Å². The molecule has 0 aliphatic rings. The summed E-state index contributed by atoms with van der Waals surface area (Å²) in [6.07, 6.45) is 1.10. The minimum absolute atomic E-state index is 0.0280. The fraction of sp³-hybridized carbons (Fsp3) is 0.0833. The normalized spacial score (nSPS) is 11.2. The maximum Gasteiger partial charge on any atom is 0.352 e. The van der Waals surface area contributed by atoms with Gasteiger partial charge in [-0.2, -0.15) is 0 Å². The summed E-state index contributed by atoms with van der Waals surface area (Å²) in [7, 11) is -3.89. The maximum atomic E-state index is 12.1. The number of carboxylic acid groups (broad SMARTS) is 1. The largest absolute Gasteiger partial charge is 0.508 e. The van der Waals surface area contributed by atoms with Crippen LogP contribution in [0, 0.1) is 6.92 Å². The number of H-pyrrole nitrogens is 1. The lowest BCUT2D eigenvalue weighted by molar-refractivity contribution is 0.0691. The van der Waals surface area contributed by atoms with Crippen LogP contribution in [-0.4, -0.2) is 29.6 Å². The highest BCUT2D eigenvalue weighted by Gasteiger charge is 2.19. The molecule has 0 saturated carbocycles. The third-order valence-electron chi connectivity index (χ3n) is 2.65. The molecule has 0 bridgehead atoms. The predicted octanol–water partition coefficient (Wildman–Crippen LogP) is 1.53. The number of anilines is 1. The van der Waals surface area contributed by atoms with E-state index in [1.165, 1.54) is 18.2 Å². The molecule has 4 N–H and O–H groups in total. The molecule has 0 aliphatic carbocycles. The summed E-state index contributed by atoms with van der Waals surface area (Å²) in [5, 5.41) is 18.0. The molecule has 1 aromatic heterocycles. The quantitative estimate of drug-likeness (QED) is 0.638. The Bertz CT molecular complexity index is 764. The van der Waals surface area contributed by atoms with Gasteiger partial charge in [0.2, 0.25) is 0 Å². The van der Waals surface area contributed by atoms with Gasteiger partial charge < -0.3 is 15.2 Å². The fourth-order valence-corrected chi connectivity index (χ4v) is 2.74. The van der Waals surface area contributed by atoms with Gasteiger partial charge in [-0.05, 0) is 36.8 Å². The second kappa shape index (κ2) is 4.89. The van der Waals surface area contributed by atoms with Crippen molar-refractivity contribution in [2.24, 2.45) is 0 Å². The number of aromatic hydroxyl groups is 1. The monoisotopic (exact) mass is 296 g/mol. The number of hydrogen-bond acceptors (Lipinski definition) is 4. The van der Waals surface area contributed by atoms with Crippen molar-refractivity contribution in [3.8, 4) is 5.75 Å². The highest BCUT2D eigenvalue weighted by atomic mass is 32.2. The summed E-state index contributed by atoms with van der Waals surface area (Å²) >= 11 is 0. The lowest BCUT2D eigenvalue weighted by Crippen LogP contribution is -2.13. The van der Waals surface area contributed by atoms with E-state index in [-0.39, 0.29) is 16.3 Å². The highest BCUT2D eigenvalue weighted by molar-refractivity contribution is 7.92. The van der Waals surface area contributed by atoms with Gasteiger partial charge in [-0.15, -0.1) is 0 Å². The maximum absolute atomic E-state index is 12.1. The van der Waals surface area contributed by atoms with Crippen LogP contribution < -0.4 is 4.72 Å². The first kappa shape index (κ1) is 13.9. The van der Waals surface area contributed by atoms with Crippen LogP contribution in [0.3, 0.4) is 0 Å². The van der Waals surface area contributed by atoms with Gasteiger partial charge in [-0.25, -0.2) is 13.2 Å². The van der Waals surface area contributed by atoms with Crippen molar-refractivity contribution in [3.63, 3.8) is 0 Å². The standard InChI is InChI=1S/C12H12N2O5S/c1-7-4-8(15)2-3-10(7)14-20(18,19)9-5-11(12(16)17)13-6-9/h2-6,13-15H,1H3,(H,16,17). The highest BCUT2D eigenvalue weighted by Crippen LogP contribution is 2.23. The van der Waals surface area contributed by atoms with Crippen LogP contribution >= 0.6 is 0 Å². The van der Waals surface area contributed by atoms with Gasteiger partial charge in [0.1, 0.15) is 16.3 Å². The molecule has 2 aromatic rings. The average molecular weight is 296 g/mol. The third-order valence-corrected chi connectivity index (χ3v) is 4.00. The van der Waals surface area contributed by atoms with E-state index in [0.29, 0.717) is 11.3 Å². The Hall–Kier alpha value is -2.48. The zero-order valence-electron chi connectivity index (χ0n) is 10.4. The number of hydrogen-bond donors (Lipinski definition) is 4. The molecule has 0 unspecified atom stereocenters. The number of aromatic carboxylic acids is 1. The molecule has 0 fully saturated rings. The van der Waals surface area contributed by atoms with Crippen molar-refractivity contribution < 1.29 is 23.4 Å². The van der Waals surface area contributed by atoms with E-state index < -0.39 is 16.0 Å². The summed E-state index contributed by atoms with van der Waals surface area (Å²) in [6.45, 7) is 1.64. The van der Waals surface area contributed by atoms with Crippen LogP contribution in [-0.2, 0) is 10.0 Å². The van der Waals surface area contributed by atoms with Crippen LogP contribution in [0.1, 0.15) is 16.1 Å². The number of rotatable bonds is 4. The number of phenolic OH excluding ortho intramolecular Hbond substituents is 1. The first-order valence-corrected chi connectivity index (χ1v) is 7.02. The van der Waals surface area contributed by atoms with Crippen molar-refractivity contribution in [2.75, 3.05) is 4.72 Å². The van der Waals surface area contributed by atoms with E-state index in [4.69, 9.17) is 5.11 Å². The topological polar surface area (TPSA) is 119 Å². The van der Waals surface area contributed by atoms with Crippen molar-refractivity contribution in [1.82, 2.24) is 4.98 Å². The van der Waals surface area contributed by atoms with Gasteiger partial charge in [-0.3, -0.25) is 4.72 Å². The first-order valence-electron chi connectivity index (χ1n) is 5.54. The Morgan fingerprint density at radius 2 is 2.00 bits per heavy atom. The Morgan fingerprint density at radius 3 is 2.55 bits per heavy atom. The number of nitrogens with one attached hydrogen (secondary N) is 2. The van der Waals surface area contributed by atoms with Crippen molar-refractivity contribution in [3.05, 3.63) is 41.7 Å². The second-order valence-electron chi connectivity index (χ2n) is 4.16. The summed E-state index contributed by atoms with van der Waals surface area (Å²) in [5.41, 5.74) is 0.635. The van der Waals surface area contributed by atoms with Crippen LogP contribution in [0.25, 0.3) is 0 Å². The Morgan fingerprint density at radius 1 is 1.30 bits per heavy atom. The molecule has 0 spiro atoms. The molecule has 2 rings (SSSR count). The van der Waals surface area contributed by atoms with E-state index in [2.05, 4.69) is 9.71 Å². The average Bonchev–Trinajstić information content (AvgIpc) is 2.83. The van der Waals surface area contributed by atoms with E-state index in [1.54, 1.807) is 6.92 Å². The van der Waals surface area contributed by atoms with Crippen LogP contribution in [0.2, 0.25) is 0 Å². The van der Waals surface area contributed by atoms with Gasteiger partial charge in [0.25, 0.3) is 10.0 Å². The van der Waals surface area contributed by atoms with Crippen molar-refractivity contribution in [1.29, 1.82) is 0 Å². The first-order chi connectivity index (χ1) is 9.29. The molecular formula is C12H12N2O5S. The smallest absolute Gasteiger partial charge is 0.352 e. The van der Waals surface area contributed by atoms with E-state index in [1.807, 2.05) is 0 Å². The molecule has 0 radical (unpaired) electrons. The molecule has 0 aliphatic heterocycles. The molecule has 0 saturated heterocycles. The summed E-state index contributed by atoms with van der Waals surface area (Å²) in [6, 6.07) is 5.22.